The third-order valence-electron chi connectivity index (χ3n) is 3.23. The Bertz CT molecular complexity index is 419. The minimum atomic E-state index is -4.26. The number of hydrogen-bond acceptors (Lipinski definition) is 3. The lowest BCUT2D eigenvalue weighted by molar-refractivity contribution is -0.128. The van der Waals surface area contributed by atoms with Gasteiger partial charge in [0, 0.05) is 11.4 Å². The van der Waals surface area contributed by atoms with Crippen molar-refractivity contribution < 1.29 is 13.2 Å². The first-order valence-corrected chi connectivity index (χ1v) is 7.56. The number of aryl methyl sites for hydroxylation is 2. The van der Waals surface area contributed by atoms with E-state index in [-0.39, 0.29) is 5.82 Å². The normalized spacial score (nSPS) is 11.9. The second-order valence-electron chi connectivity index (χ2n) is 5.01. The monoisotopic (exact) mass is 303 g/mol. The van der Waals surface area contributed by atoms with Gasteiger partial charge in [-0.15, -0.1) is 0 Å². The van der Waals surface area contributed by atoms with Crippen molar-refractivity contribution in [3.05, 3.63) is 22.8 Å². The average Bonchev–Trinajstić information content (AvgIpc) is 2.42. The first kappa shape index (κ1) is 17.9. The van der Waals surface area contributed by atoms with Crippen molar-refractivity contribution in [1.82, 2.24) is 15.3 Å². The maximum atomic E-state index is 12.5. The zero-order chi connectivity index (χ0) is 15.9. The summed E-state index contributed by atoms with van der Waals surface area (Å²) in [7, 11) is 0. The molecule has 0 aliphatic heterocycles. The van der Waals surface area contributed by atoms with Crippen molar-refractivity contribution in [3.8, 4) is 0 Å². The summed E-state index contributed by atoms with van der Waals surface area (Å²) in [5.74, 6) is -0.110. The predicted molar refractivity (Wildman–Crippen MR) is 77.4 cm³/mol. The largest absolute Gasteiger partial charge is 0.396 e. The van der Waals surface area contributed by atoms with Gasteiger partial charge in [-0.2, -0.15) is 13.2 Å². The highest BCUT2D eigenvalue weighted by molar-refractivity contribution is 5.27. The van der Waals surface area contributed by atoms with Crippen molar-refractivity contribution >= 4 is 0 Å². The van der Waals surface area contributed by atoms with Gasteiger partial charge in [0.1, 0.15) is 12.2 Å². The number of nitrogens with one attached hydrogen (secondary N) is 1. The van der Waals surface area contributed by atoms with Crippen LogP contribution in [0.1, 0.15) is 50.0 Å². The molecule has 0 amide bonds. The number of nitrogens with zero attached hydrogens (tertiary/aromatic N) is 2. The highest BCUT2D eigenvalue weighted by Gasteiger charge is 2.30. The fourth-order valence-corrected chi connectivity index (χ4v) is 2.29. The zero-order valence-corrected chi connectivity index (χ0v) is 13.0. The van der Waals surface area contributed by atoms with E-state index in [9.17, 15) is 13.2 Å². The Balaban J connectivity index is 2.95. The highest BCUT2D eigenvalue weighted by atomic mass is 19.4. The van der Waals surface area contributed by atoms with Crippen molar-refractivity contribution in [2.75, 3.05) is 13.1 Å². The fraction of sp³-hybridized carbons (Fsp3) is 0.733. The molecule has 0 aliphatic rings. The molecule has 0 radical (unpaired) electrons. The molecule has 0 fully saturated rings. The van der Waals surface area contributed by atoms with E-state index < -0.39 is 12.6 Å². The zero-order valence-electron chi connectivity index (χ0n) is 13.0. The quantitative estimate of drug-likeness (QED) is 0.749. The van der Waals surface area contributed by atoms with Gasteiger partial charge in [0.05, 0.1) is 0 Å². The number of rotatable bonds is 8. The lowest BCUT2D eigenvalue weighted by Gasteiger charge is -2.15. The summed E-state index contributed by atoms with van der Waals surface area (Å²) in [5, 5.41) is 3.30. The summed E-state index contributed by atoms with van der Waals surface area (Å²) >= 11 is 0. The van der Waals surface area contributed by atoms with E-state index in [0.717, 1.165) is 42.9 Å². The highest BCUT2D eigenvalue weighted by Crippen LogP contribution is 2.21. The average molecular weight is 303 g/mol. The van der Waals surface area contributed by atoms with Crippen molar-refractivity contribution in [1.29, 1.82) is 0 Å². The smallest absolute Gasteiger partial charge is 0.316 e. The Morgan fingerprint density at radius 3 is 1.95 bits per heavy atom. The van der Waals surface area contributed by atoms with Gasteiger partial charge in [0.15, 0.2) is 0 Å². The molecule has 0 aromatic carbocycles. The Kier molecular flexibility index (Phi) is 7.08. The van der Waals surface area contributed by atoms with Crippen LogP contribution in [-0.2, 0) is 25.7 Å². The molecule has 1 heterocycles. The number of halogens is 3. The van der Waals surface area contributed by atoms with Crippen molar-refractivity contribution in [2.45, 2.75) is 59.1 Å². The Labute approximate surface area is 124 Å². The van der Waals surface area contributed by atoms with Crippen LogP contribution in [0, 0.1) is 0 Å². The van der Waals surface area contributed by atoms with Gasteiger partial charge in [0.25, 0.3) is 0 Å². The summed E-state index contributed by atoms with van der Waals surface area (Å²) in [5.41, 5.74) is 2.51. The molecule has 1 rings (SSSR count). The molecule has 0 bridgehead atoms. The summed E-state index contributed by atoms with van der Waals surface area (Å²) in [4.78, 5) is 8.25. The number of hydrogen-bond donors (Lipinski definition) is 1. The van der Waals surface area contributed by atoms with Gasteiger partial charge in [-0.1, -0.05) is 20.8 Å². The summed E-state index contributed by atoms with van der Waals surface area (Å²) in [6.45, 7) is 7.67. The van der Waals surface area contributed by atoms with Crippen LogP contribution in [0.15, 0.2) is 0 Å². The van der Waals surface area contributed by atoms with Gasteiger partial charge < -0.3 is 5.32 Å². The molecule has 0 atom stereocenters. The van der Waals surface area contributed by atoms with E-state index in [2.05, 4.69) is 22.2 Å². The summed E-state index contributed by atoms with van der Waals surface area (Å²) in [6.07, 6.45) is -2.24. The van der Waals surface area contributed by atoms with E-state index in [1.54, 1.807) is 0 Å². The minimum absolute atomic E-state index is 0.110. The first-order chi connectivity index (χ1) is 9.91. The molecule has 120 valence electrons. The maximum Gasteiger partial charge on any atom is 0.396 e. The van der Waals surface area contributed by atoms with Gasteiger partial charge in [-0.3, -0.25) is 0 Å². The van der Waals surface area contributed by atoms with Crippen LogP contribution < -0.4 is 5.32 Å². The molecule has 3 nitrogen and oxygen atoms in total. The second kappa shape index (κ2) is 8.32. The minimum Gasteiger partial charge on any atom is -0.316 e. The van der Waals surface area contributed by atoms with Gasteiger partial charge in [-0.25, -0.2) is 9.97 Å². The Hall–Kier alpha value is -1.17. The molecule has 1 aromatic rings. The molecule has 0 saturated heterocycles. The van der Waals surface area contributed by atoms with Gasteiger partial charge in [0.2, 0.25) is 0 Å². The van der Waals surface area contributed by atoms with Crippen LogP contribution in [0.25, 0.3) is 0 Å². The van der Waals surface area contributed by atoms with Crippen LogP contribution in [0.5, 0.6) is 0 Å². The predicted octanol–water partition coefficient (Wildman–Crippen LogP) is 3.25. The van der Waals surface area contributed by atoms with E-state index in [4.69, 9.17) is 0 Å². The third-order valence-corrected chi connectivity index (χ3v) is 3.23. The Morgan fingerprint density at radius 1 is 0.952 bits per heavy atom. The molecule has 6 heteroatoms. The molecule has 1 N–H and O–H groups in total. The summed E-state index contributed by atoms with van der Waals surface area (Å²) in [6, 6.07) is 0. The first-order valence-electron chi connectivity index (χ1n) is 7.56. The molecular formula is C15H24F3N3. The van der Waals surface area contributed by atoms with Crippen LogP contribution >= 0.6 is 0 Å². The van der Waals surface area contributed by atoms with Crippen LogP contribution in [0.2, 0.25) is 0 Å². The maximum absolute atomic E-state index is 12.5. The van der Waals surface area contributed by atoms with Gasteiger partial charge in [-0.05, 0) is 44.3 Å². The molecule has 0 saturated carbocycles. The lowest BCUT2D eigenvalue weighted by atomic mass is 10.0. The van der Waals surface area contributed by atoms with Crippen LogP contribution in [-0.4, -0.2) is 29.2 Å². The topological polar surface area (TPSA) is 37.8 Å². The molecular weight excluding hydrogens is 279 g/mol. The molecule has 0 unspecified atom stereocenters. The van der Waals surface area contributed by atoms with E-state index in [1.165, 1.54) is 0 Å². The third kappa shape index (κ3) is 5.99. The van der Waals surface area contributed by atoms with Crippen LogP contribution in [0.3, 0.4) is 0 Å². The van der Waals surface area contributed by atoms with Crippen LogP contribution in [0.4, 0.5) is 13.2 Å². The molecule has 1 aromatic heterocycles. The fourth-order valence-electron chi connectivity index (χ4n) is 2.29. The van der Waals surface area contributed by atoms with E-state index in [0.29, 0.717) is 12.8 Å². The van der Waals surface area contributed by atoms with Crippen molar-refractivity contribution in [3.63, 3.8) is 0 Å². The number of aromatic nitrogens is 2. The van der Waals surface area contributed by atoms with E-state index >= 15 is 0 Å². The standard InChI is InChI=1S/C15H24F3N3/c1-4-8-19-9-7-11-12(5-2)20-14(10-15(16,17)18)21-13(11)6-3/h19H,4-10H2,1-3H3. The second-order valence-corrected chi connectivity index (χ2v) is 5.01. The molecule has 0 aliphatic carbocycles. The van der Waals surface area contributed by atoms with Gasteiger partial charge >= 0.3 is 6.18 Å². The molecule has 21 heavy (non-hydrogen) atoms. The molecule has 0 spiro atoms. The SMILES string of the molecule is CCCNCCc1c(CC)nc(CC(F)(F)F)nc1CC. The van der Waals surface area contributed by atoms with E-state index in [1.807, 2.05) is 13.8 Å². The Morgan fingerprint density at radius 2 is 1.52 bits per heavy atom. The summed E-state index contributed by atoms with van der Waals surface area (Å²) < 4.78 is 37.5. The van der Waals surface area contributed by atoms with Crippen molar-refractivity contribution in [2.24, 2.45) is 0 Å². The lowest BCUT2D eigenvalue weighted by Crippen LogP contribution is -2.21. The number of alkyl halides is 3.